The summed E-state index contributed by atoms with van der Waals surface area (Å²) >= 11 is 0. The highest BCUT2D eigenvalue weighted by Crippen LogP contribution is 1.72. The van der Waals surface area contributed by atoms with Crippen LogP contribution in [-0.2, 0) is 4.79 Å². The summed E-state index contributed by atoms with van der Waals surface area (Å²) in [5.74, 6) is 0.0370. The Morgan fingerprint density at radius 2 is 1.43 bits per heavy atom. The van der Waals surface area contributed by atoms with Crippen LogP contribution in [0.25, 0.3) is 0 Å². The number of hydrogen-bond acceptors (Lipinski definition) is 2. The van der Waals surface area contributed by atoms with Crippen LogP contribution in [0, 0.1) is 0 Å². The van der Waals surface area contributed by atoms with Gasteiger partial charge in [-0.2, -0.15) is 0 Å². The first-order valence-electron chi connectivity index (χ1n) is 5.30. The monoisotopic (exact) mass is 204 g/mol. The molecule has 0 aromatic carbocycles. The van der Waals surface area contributed by atoms with Crippen LogP contribution in [0.2, 0.25) is 0 Å². The van der Waals surface area contributed by atoms with E-state index in [0.717, 1.165) is 0 Å². The molecule has 0 saturated heterocycles. The Morgan fingerprint density at radius 1 is 1.21 bits per heavy atom. The maximum Gasteiger partial charge on any atom is 0.217 e. The van der Waals surface area contributed by atoms with E-state index in [-0.39, 0.29) is 11.9 Å². The van der Waals surface area contributed by atoms with Crippen LogP contribution >= 0.6 is 0 Å². The number of carbonyl (C=O) groups is 1. The fraction of sp³-hybridized carbons (Fsp3) is 0.909. The molecule has 0 radical (unpaired) electrons. The quantitative estimate of drug-likeness (QED) is 0.688. The molecule has 1 amide bonds. The van der Waals surface area contributed by atoms with Gasteiger partial charge in [-0.25, -0.2) is 0 Å². The number of amides is 1. The molecular formula is C11H28N2O. The summed E-state index contributed by atoms with van der Waals surface area (Å²) in [5, 5.41) is 2.67. The Morgan fingerprint density at radius 3 is 1.43 bits per heavy atom. The topological polar surface area (TPSA) is 55.1 Å². The van der Waals surface area contributed by atoms with Crippen LogP contribution in [0.3, 0.4) is 0 Å². The van der Waals surface area contributed by atoms with Gasteiger partial charge >= 0.3 is 0 Å². The van der Waals surface area contributed by atoms with Gasteiger partial charge in [-0.1, -0.05) is 34.1 Å². The van der Waals surface area contributed by atoms with Crippen molar-refractivity contribution in [2.24, 2.45) is 5.73 Å². The summed E-state index contributed by atoms with van der Waals surface area (Å²) in [4.78, 5) is 10.1. The molecule has 3 heteroatoms. The van der Waals surface area contributed by atoms with Gasteiger partial charge in [0.25, 0.3) is 0 Å². The molecule has 0 fully saturated rings. The first-order valence-corrected chi connectivity index (χ1v) is 5.30. The molecule has 3 nitrogen and oxygen atoms in total. The van der Waals surface area contributed by atoms with Crippen LogP contribution in [0.15, 0.2) is 0 Å². The number of hydrogen-bond donors (Lipinski definition) is 2. The Hall–Kier alpha value is -0.570. The number of nitrogens with one attached hydrogen (secondary N) is 1. The van der Waals surface area contributed by atoms with Crippen LogP contribution in [0.4, 0.5) is 0 Å². The highest BCUT2D eigenvalue weighted by atomic mass is 16.1. The van der Waals surface area contributed by atoms with Crippen molar-refractivity contribution in [3.8, 4) is 0 Å². The van der Waals surface area contributed by atoms with Gasteiger partial charge in [-0.05, 0) is 19.9 Å². The molecule has 0 atom stereocenters. The van der Waals surface area contributed by atoms with Crippen LogP contribution in [0.1, 0.15) is 54.9 Å². The van der Waals surface area contributed by atoms with Gasteiger partial charge in [0.05, 0.1) is 0 Å². The van der Waals surface area contributed by atoms with Crippen molar-refractivity contribution in [3.63, 3.8) is 0 Å². The number of carbonyl (C=O) groups excluding carboxylic acids is 1. The maximum absolute atomic E-state index is 10.1. The molecule has 0 aromatic rings. The van der Waals surface area contributed by atoms with Gasteiger partial charge in [-0.3, -0.25) is 4.79 Å². The third-order valence-corrected chi connectivity index (χ3v) is 0.492. The van der Waals surface area contributed by atoms with Gasteiger partial charge in [0.1, 0.15) is 0 Å². The summed E-state index contributed by atoms with van der Waals surface area (Å²) in [6, 6.07) is 0.609. The van der Waals surface area contributed by atoms with E-state index < -0.39 is 0 Å². The molecule has 0 saturated carbocycles. The molecule has 0 spiro atoms. The van der Waals surface area contributed by atoms with Crippen LogP contribution in [0.5, 0.6) is 0 Å². The maximum atomic E-state index is 10.1. The van der Waals surface area contributed by atoms with E-state index in [1.807, 2.05) is 27.7 Å². The third kappa shape index (κ3) is 106. The largest absolute Gasteiger partial charge is 0.354 e. The van der Waals surface area contributed by atoms with Gasteiger partial charge in [0.2, 0.25) is 5.91 Å². The molecule has 0 rings (SSSR count). The van der Waals surface area contributed by atoms with Crippen LogP contribution in [-0.4, -0.2) is 18.0 Å². The molecule has 0 aromatic heterocycles. The SMILES string of the molecule is CC(=O)NC(C)C.CC(C)N.CCC. The van der Waals surface area contributed by atoms with Crippen molar-refractivity contribution in [2.45, 2.75) is 67.0 Å². The van der Waals surface area contributed by atoms with Crippen molar-refractivity contribution < 1.29 is 4.79 Å². The van der Waals surface area contributed by atoms with Gasteiger partial charge < -0.3 is 11.1 Å². The summed E-state index contributed by atoms with van der Waals surface area (Å²) < 4.78 is 0. The molecule has 0 aliphatic carbocycles. The van der Waals surface area contributed by atoms with Crippen molar-refractivity contribution >= 4 is 5.91 Å². The van der Waals surface area contributed by atoms with E-state index in [1.165, 1.54) is 13.3 Å². The average Bonchev–Trinajstić information content (AvgIpc) is 1.82. The zero-order valence-electron chi connectivity index (χ0n) is 10.8. The Balaban J connectivity index is -0.000000147. The summed E-state index contributed by atoms with van der Waals surface area (Å²) in [7, 11) is 0. The highest BCUT2D eigenvalue weighted by molar-refractivity contribution is 5.73. The molecule has 88 valence electrons. The molecular weight excluding hydrogens is 176 g/mol. The van der Waals surface area contributed by atoms with Gasteiger partial charge in [0.15, 0.2) is 0 Å². The predicted molar refractivity (Wildman–Crippen MR) is 64.2 cm³/mol. The lowest BCUT2D eigenvalue weighted by molar-refractivity contribution is -0.119. The molecule has 14 heavy (non-hydrogen) atoms. The van der Waals surface area contributed by atoms with Crippen molar-refractivity contribution in [2.75, 3.05) is 0 Å². The van der Waals surface area contributed by atoms with Crippen molar-refractivity contribution in [1.29, 1.82) is 0 Å². The minimum absolute atomic E-state index is 0.0370. The molecule has 3 N–H and O–H groups in total. The molecule has 0 bridgehead atoms. The predicted octanol–water partition coefficient (Wildman–Crippen LogP) is 2.30. The Bertz CT molecular complexity index is 109. The minimum Gasteiger partial charge on any atom is -0.354 e. The van der Waals surface area contributed by atoms with E-state index in [2.05, 4.69) is 19.2 Å². The van der Waals surface area contributed by atoms with Gasteiger partial charge in [-0.15, -0.1) is 0 Å². The smallest absolute Gasteiger partial charge is 0.217 e. The van der Waals surface area contributed by atoms with Crippen molar-refractivity contribution in [3.05, 3.63) is 0 Å². The zero-order chi connectivity index (χ0) is 12.1. The first kappa shape index (κ1) is 19.1. The van der Waals surface area contributed by atoms with E-state index >= 15 is 0 Å². The first-order chi connectivity index (χ1) is 6.27. The summed E-state index contributed by atoms with van der Waals surface area (Å²) in [6.45, 7) is 13.5. The van der Waals surface area contributed by atoms with Crippen molar-refractivity contribution in [1.82, 2.24) is 5.32 Å². The van der Waals surface area contributed by atoms with Crippen LogP contribution < -0.4 is 11.1 Å². The molecule has 0 heterocycles. The van der Waals surface area contributed by atoms with E-state index in [0.29, 0.717) is 6.04 Å². The standard InChI is InChI=1S/C5H11NO.C3H9N.C3H8/c1-4(2)6-5(3)7;1-3(2)4;1-3-2/h4H,1-3H3,(H,6,7);3H,4H2,1-2H3;3H2,1-2H3. The Kier molecular flexibility index (Phi) is 20.3. The highest BCUT2D eigenvalue weighted by Gasteiger charge is 1.90. The zero-order valence-corrected chi connectivity index (χ0v) is 10.8. The fourth-order valence-electron chi connectivity index (χ4n) is 0.407. The third-order valence-electron chi connectivity index (χ3n) is 0.492. The Labute approximate surface area is 89.5 Å². The van der Waals surface area contributed by atoms with E-state index in [9.17, 15) is 4.79 Å². The normalized spacial score (nSPS) is 8.43. The second-order valence-electron chi connectivity index (χ2n) is 3.81. The lowest BCUT2D eigenvalue weighted by Gasteiger charge is -2.02. The van der Waals surface area contributed by atoms with E-state index in [4.69, 9.17) is 5.73 Å². The lowest BCUT2D eigenvalue weighted by atomic mass is 10.4. The molecule has 0 aliphatic heterocycles. The lowest BCUT2D eigenvalue weighted by Crippen LogP contribution is -2.27. The van der Waals surface area contributed by atoms with E-state index in [1.54, 1.807) is 0 Å². The summed E-state index contributed by atoms with van der Waals surface area (Å²) in [6.07, 6.45) is 1.25. The second kappa shape index (κ2) is 14.9. The fourth-order valence-corrected chi connectivity index (χ4v) is 0.407. The minimum atomic E-state index is 0.0370. The molecule has 0 unspecified atom stereocenters. The number of nitrogens with two attached hydrogens (primary N) is 1. The molecule has 0 aliphatic rings. The summed E-state index contributed by atoms with van der Waals surface area (Å²) in [5.41, 5.74) is 5.11. The van der Waals surface area contributed by atoms with Gasteiger partial charge in [0, 0.05) is 13.0 Å². The number of rotatable bonds is 1. The second-order valence-corrected chi connectivity index (χ2v) is 3.81. The average molecular weight is 204 g/mol.